The number of halogens is 2. The summed E-state index contributed by atoms with van der Waals surface area (Å²) in [6, 6.07) is 9.67. The number of imidazole rings is 1. The summed E-state index contributed by atoms with van der Waals surface area (Å²) in [5.41, 5.74) is 1.08. The topological polar surface area (TPSA) is 38.1 Å². The van der Waals surface area contributed by atoms with E-state index in [1.807, 2.05) is 30.3 Å². The van der Waals surface area contributed by atoms with Crippen LogP contribution in [0.15, 0.2) is 42.7 Å². The molecule has 0 aliphatic heterocycles. The predicted molar refractivity (Wildman–Crippen MR) is 74.7 cm³/mol. The summed E-state index contributed by atoms with van der Waals surface area (Å²) in [5, 5.41) is 0. The van der Waals surface area contributed by atoms with Crippen LogP contribution in [0.25, 0.3) is 0 Å². The van der Waals surface area contributed by atoms with Crippen molar-refractivity contribution in [3.8, 4) is 0 Å². The normalized spacial score (nSPS) is 10.9. The van der Waals surface area contributed by atoms with Gasteiger partial charge in [0.1, 0.15) is 5.82 Å². The molecule has 0 fully saturated rings. The highest BCUT2D eigenvalue weighted by Gasteiger charge is 2.16. The standard InChI is InChI=1S/C15H17F2N3O/c1-19(11-13-18-9-10-20(13)15(16)17)14(21)8-7-12-5-3-2-4-6-12/h2-6,9-10,15H,7-8,11H2,1H3. The Morgan fingerprint density at radius 2 is 2.05 bits per heavy atom. The van der Waals surface area contributed by atoms with Crippen LogP contribution in [0.1, 0.15) is 24.4 Å². The molecule has 21 heavy (non-hydrogen) atoms. The van der Waals surface area contributed by atoms with Crippen LogP contribution >= 0.6 is 0 Å². The summed E-state index contributed by atoms with van der Waals surface area (Å²) in [4.78, 5) is 17.3. The minimum atomic E-state index is -2.64. The second-order valence-corrected chi connectivity index (χ2v) is 4.76. The number of carbonyl (C=O) groups is 1. The average Bonchev–Trinajstić information content (AvgIpc) is 2.94. The molecular formula is C15H17F2N3O. The van der Waals surface area contributed by atoms with E-state index in [0.29, 0.717) is 12.8 Å². The van der Waals surface area contributed by atoms with Crippen molar-refractivity contribution in [1.82, 2.24) is 14.5 Å². The third-order valence-electron chi connectivity index (χ3n) is 3.23. The van der Waals surface area contributed by atoms with Gasteiger partial charge in [0, 0.05) is 25.9 Å². The maximum Gasteiger partial charge on any atom is 0.319 e. The molecule has 2 aromatic rings. The Bertz CT molecular complexity index is 584. The first-order valence-corrected chi connectivity index (χ1v) is 6.65. The molecule has 0 unspecified atom stereocenters. The van der Waals surface area contributed by atoms with Gasteiger partial charge in [0.05, 0.1) is 6.54 Å². The fourth-order valence-electron chi connectivity index (χ4n) is 2.03. The van der Waals surface area contributed by atoms with Crippen LogP contribution < -0.4 is 0 Å². The van der Waals surface area contributed by atoms with Crippen molar-refractivity contribution in [1.29, 1.82) is 0 Å². The van der Waals surface area contributed by atoms with Crippen LogP contribution in [0.3, 0.4) is 0 Å². The molecule has 0 aliphatic carbocycles. The highest BCUT2D eigenvalue weighted by atomic mass is 19.3. The number of aryl methyl sites for hydroxylation is 1. The Morgan fingerprint density at radius 3 is 2.71 bits per heavy atom. The summed E-state index contributed by atoms with van der Waals surface area (Å²) in [5.74, 6) is 0.0863. The van der Waals surface area contributed by atoms with Gasteiger partial charge in [-0.25, -0.2) is 4.98 Å². The van der Waals surface area contributed by atoms with Gasteiger partial charge < -0.3 is 4.90 Å². The molecular weight excluding hydrogens is 276 g/mol. The van der Waals surface area contributed by atoms with E-state index in [-0.39, 0.29) is 18.3 Å². The van der Waals surface area contributed by atoms with Gasteiger partial charge in [-0.05, 0) is 12.0 Å². The molecule has 0 bridgehead atoms. The number of aromatic nitrogens is 2. The monoisotopic (exact) mass is 293 g/mol. The zero-order valence-electron chi connectivity index (χ0n) is 11.7. The highest BCUT2D eigenvalue weighted by Crippen LogP contribution is 2.14. The average molecular weight is 293 g/mol. The summed E-state index contributed by atoms with van der Waals surface area (Å²) in [6.45, 7) is -2.57. The van der Waals surface area contributed by atoms with Crippen LogP contribution in [-0.2, 0) is 17.8 Å². The lowest BCUT2D eigenvalue weighted by Gasteiger charge is -2.17. The molecule has 0 aliphatic rings. The largest absolute Gasteiger partial charge is 0.338 e. The molecule has 0 radical (unpaired) electrons. The Kier molecular flexibility index (Phi) is 5.03. The summed E-state index contributed by atoms with van der Waals surface area (Å²) in [7, 11) is 1.60. The van der Waals surface area contributed by atoms with E-state index in [2.05, 4.69) is 4.98 Å². The van der Waals surface area contributed by atoms with Crippen LogP contribution in [0.5, 0.6) is 0 Å². The fourth-order valence-corrected chi connectivity index (χ4v) is 2.03. The Hall–Kier alpha value is -2.24. The lowest BCUT2D eigenvalue weighted by atomic mass is 10.1. The minimum absolute atomic E-state index is 0.0744. The molecule has 2 rings (SSSR count). The van der Waals surface area contributed by atoms with E-state index < -0.39 is 6.55 Å². The van der Waals surface area contributed by atoms with E-state index in [9.17, 15) is 13.6 Å². The Balaban J connectivity index is 1.89. The van der Waals surface area contributed by atoms with Crippen LogP contribution in [0.4, 0.5) is 8.78 Å². The molecule has 4 nitrogen and oxygen atoms in total. The van der Waals surface area contributed by atoms with Gasteiger partial charge in [0.15, 0.2) is 0 Å². The number of alkyl halides is 2. The number of benzene rings is 1. The first-order valence-electron chi connectivity index (χ1n) is 6.65. The SMILES string of the molecule is CN(Cc1nccn1C(F)F)C(=O)CCc1ccccc1. The molecule has 0 saturated heterocycles. The van der Waals surface area contributed by atoms with Gasteiger partial charge in [-0.2, -0.15) is 8.78 Å². The molecule has 0 atom stereocenters. The number of amides is 1. The molecule has 0 N–H and O–H groups in total. The van der Waals surface area contributed by atoms with E-state index in [1.165, 1.54) is 17.3 Å². The second kappa shape index (κ2) is 6.97. The maximum absolute atomic E-state index is 12.7. The van der Waals surface area contributed by atoms with E-state index in [4.69, 9.17) is 0 Å². The van der Waals surface area contributed by atoms with Crippen molar-refractivity contribution in [3.63, 3.8) is 0 Å². The number of carbonyl (C=O) groups excluding carboxylic acids is 1. The molecule has 1 amide bonds. The van der Waals surface area contributed by atoms with Crippen molar-refractivity contribution in [2.45, 2.75) is 25.9 Å². The summed E-state index contributed by atoms with van der Waals surface area (Å²) >= 11 is 0. The van der Waals surface area contributed by atoms with Crippen molar-refractivity contribution in [2.24, 2.45) is 0 Å². The van der Waals surface area contributed by atoms with E-state index in [0.717, 1.165) is 10.1 Å². The zero-order chi connectivity index (χ0) is 15.2. The number of hydrogen-bond acceptors (Lipinski definition) is 2. The molecule has 6 heteroatoms. The number of hydrogen-bond donors (Lipinski definition) is 0. The number of rotatable bonds is 6. The van der Waals surface area contributed by atoms with Crippen molar-refractivity contribution < 1.29 is 13.6 Å². The van der Waals surface area contributed by atoms with Gasteiger partial charge in [0.25, 0.3) is 0 Å². The summed E-state index contributed by atoms with van der Waals surface area (Å²) < 4.78 is 26.2. The molecule has 112 valence electrons. The van der Waals surface area contributed by atoms with Gasteiger partial charge in [-0.15, -0.1) is 0 Å². The Morgan fingerprint density at radius 1 is 1.33 bits per heavy atom. The third-order valence-corrected chi connectivity index (χ3v) is 3.23. The first-order chi connectivity index (χ1) is 10.1. The quantitative estimate of drug-likeness (QED) is 0.821. The fraction of sp³-hybridized carbons (Fsp3) is 0.333. The molecule has 0 saturated carbocycles. The predicted octanol–water partition coefficient (Wildman–Crippen LogP) is 2.87. The van der Waals surface area contributed by atoms with E-state index >= 15 is 0 Å². The molecule has 0 spiro atoms. The van der Waals surface area contributed by atoms with Gasteiger partial charge in [0.2, 0.25) is 5.91 Å². The smallest absolute Gasteiger partial charge is 0.319 e. The van der Waals surface area contributed by atoms with E-state index in [1.54, 1.807) is 7.05 Å². The van der Waals surface area contributed by atoms with Gasteiger partial charge in [-0.3, -0.25) is 9.36 Å². The van der Waals surface area contributed by atoms with Gasteiger partial charge in [-0.1, -0.05) is 30.3 Å². The first kappa shape index (κ1) is 15.2. The zero-order valence-corrected chi connectivity index (χ0v) is 11.7. The van der Waals surface area contributed by atoms with Crippen LogP contribution in [0, 0.1) is 0 Å². The van der Waals surface area contributed by atoms with Crippen molar-refractivity contribution >= 4 is 5.91 Å². The highest BCUT2D eigenvalue weighted by molar-refractivity contribution is 5.76. The number of nitrogens with zero attached hydrogens (tertiary/aromatic N) is 3. The minimum Gasteiger partial charge on any atom is -0.338 e. The summed E-state index contributed by atoms with van der Waals surface area (Å²) in [6.07, 6.45) is 3.50. The lowest BCUT2D eigenvalue weighted by molar-refractivity contribution is -0.130. The third kappa shape index (κ3) is 4.11. The molecule has 1 heterocycles. The van der Waals surface area contributed by atoms with Crippen LogP contribution in [-0.4, -0.2) is 27.4 Å². The lowest BCUT2D eigenvalue weighted by Crippen LogP contribution is -2.28. The van der Waals surface area contributed by atoms with Crippen molar-refractivity contribution in [3.05, 3.63) is 54.1 Å². The second-order valence-electron chi connectivity index (χ2n) is 4.76. The van der Waals surface area contributed by atoms with Crippen LogP contribution in [0.2, 0.25) is 0 Å². The van der Waals surface area contributed by atoms with Gasteiger partial charge >= 0.3 is 6.55 Å². The Labute approximate surface area is 122 Å². The molecule has 1 aromatic carbocycles. The molecule has 1 aromatic heterocycles. The van der Waals surface area contributed by atoms with Crippen molar-refractivity contribution in [2.75, 3.05) is 7.05 Å². The maximum atomic E-state index is 12.7.